The van der Waals surface area contributed by atoms with Gasteiger partial charge in [-0.25, -0.2) is 4.79 Å². The van der Waals surface area contributed by atoms with Gasteiger partial charge in [0.05, 0.1) is 0 Å². The molecule has 3 aromatic rings. The Kier molecular flexibility index (Phi) is 7.79. The van der Waals surface area contributed by atoms with Gasteiger partial charge in [-0.3, -0.25) is 4.79 Å². The van der Waals surface area contributed by atoms with Crippen LogP contribution in [-0.4, -0.2) is 48.9 Å². The van der Waals surface area contributed by atoms with Gasteiger partial charge < -0.3 is 20.4 Å². The quantitative estimate of drug-likeness (QED) is 0.567. The minimum Gasteiger partial charge on any atom is -0.322 e. The molecule has 0 aromatic heterocycles. The van der Waals surface area contributed by atoms with Crippen molar-refractivity contribution < 1.29 is 9.59 Å². The van der Waals surface area contributed by atoms with Crippen LogP contribution < -0.4 is 10.6 Å². The fourth-order valence-electron chi connectivity index (χ4n) is 3.01. The standard InChI is InChI=1S/C25H28N4O2/c1-28(2)17-18-29(19-20-9-5-3-6-10-20)25(31)27-23-15-13-21(14-16-23)24(30)26-22-11-7-4-8-12-22/h3-16H,17-19H2,1-2H3,(H,26,30)(H,27,31). The molecular weight excluding hydrogens is 388 g/mol. The van der Waals surface area contributed by atoms with Crippen LogP contribution in [-0.2, 0) is 6.54 Å². The highest BCUT2D eigenvalue weighted by Gasteiger charge is 2.15. The van der Waals surface area contributed by atoms with Gasteiger partial charge in [-0.05, 0) is 56.1 Å². The molecule has 3 amide bonds. The van der Waals surface area contributed by atoms with Gasteiger partial charge in [-0.1, -0.05) is 48.5 Å². The second kappa shape index (κ2) is 10.9. The number of nitrogens with zero attached hydrogens (tertiary/aromatic N) is 2. The van der Waals surface area contributed by atoms with Gasteiger partial charge in [-0.2, -0.15) is 0 Å². The lowest BCUT2D eigenvalue weighted by Crippen LogP contribution is -2.39. The summed E-state index contributed by atoms with van der Waals surface area (Å²) in [4.78, 5) is 29.1. The van der Waals surface area contributed by atoms with Crippen LogP contribution in [0.5, 0.6) is 0 Å². The predicted octanol–water partition coefficient (Wildman–Crippen LogP) is 4.53. The highest BCUT2D eigenvalue weighted by molar-refractivity contribution is 6.04. The van der Waals surface area contributed by atoms with Crippen LogP contribution in [0, 0.1) is 0 Å². The molecule has 0 spiro atoms. The Bertz CT molecular complexity index is 973. The molecular formula is C25H28N4O2. The number of likely N-dealkylation sites (N-methyl/N-ethyl adjacent to an activating group) is 1. The predicted molar refractivity (Wildman–Crippen MR) is 125 cm³/mol. The number of hydrogen-bond acceptors (Lipinski definition) is 3. The van der Waals surface area contributed by atoms with Crippen LogP contribution in [0.3, 0.4) is 0 Å². The Morgan fingerprint density at radius 3 is 1.90 bits per heavy atom. The van der Waals surface area contributed by atoms with Crippen molar-refractivity contribution in [3.05, 3.63) is 96.1 Å². The monoisotopic (exact) mass is 416 g/mol. The van der Waals surface area contributed by atoms with Crippen molar-refractivity contribution >= 4 is 23.3 Å². The highest BCUT2D eigenvalue weighted by atomic mass is 16.2. The van der Waals surface area contributed by atoms with E-state index in [1.807, 2.05) is 79.7 Å². The van der Waals surface area contributed by atoms with Crippen LogP contribution in [0.25, 0.3) is 0 Å². The Hall–Kier alpha value is -3.64. The van der Waals surface area contributed by atoms with Crippen molar-refractivity contribution in [2.75, 3.05) is 37.8 Å². The molecule has 0 saturated heterocycles. The van der Waals surface area contributed by atoms with E-state index >= 15 is 0 Å². The lowest BCUT2D eigenvalue weighted by molar-refractivity contribution is 0.102. The smallest absolute Gasteiger partial charge is 0.322 e. The fourth-order valence-corrected chi connectivity index (χ4v) is 3.01. The third-order valence-electron chi connectivity index (χ3n) is 4.75. The summed E-state index contributed by atoms with van der Waals surface area (Å²) in [6, 6.07) is 25.9. The fraction of sp³-hybridized carbons (Fsp3) is 0.200. The average Bonchev–Trinajstić information content (AvgIpc) is 2.78. The molecule has 0 radical (unpaired) electrons. The van der Waals surface area contributed by atoms with Crippen molar-refractivity contribution in [1.29, 1.82) is 0 Å². The molecule has 0 fully saturated rings. The first-order valence-electron chi connectivity index (χ1n) is 10.2. The maximum atomic E-state index is 12.9. The Morgan fingerprint density at radius 1 is 0.710 bits per heavy atom. The topological polar surface area (TPSA) is 64.7 Å². The molecule has 0 unspecified atom stereocenters. The molecule has 160 valence electrons. The Labute approximate surface area is 183 Å². The highest BCUT2D eigenvalue weighted by Crippen LogP contribution is 2.14. The summed E-state index contributed by atoms with van der Waals surface area (Å²) in [6.07, 6.45) is 0. The molecule has 0 aliphatic rings. The van der Waals surface area contributed by atoms with E-state index in [1.54, 1.807) is 29.2 Å². The zero-order chi connectivity index (χ0) is 22.1. The van der Waals surface area contributed by atoms with Crippen molar-refractivity contribution in [2.24, 2.45) is 0 Å². The van der Waals surface area contributed by atoms with Crippen LogP contribution in [0.2, 0.25) is 0 Å². The number of anilines is 2. The Balaban J connectivity index is 1.63. The molecule has 2 N–H and O–H groups in total. The first-order valence-corrected chi connectivity index (χ1v) is 10.2. The molecule has 3 rings (SSSR count). The van der Waals surface area contributed by atoms with Crippen LogP contribution in [0.1, 0.15) is 15.9 Å². The zero-order valence-electron chi connectivity index (χ0n) is 17.9. The summed E-state index contributed by atoms with van der Waals surface area (Å²) < 4.78 is 0. The third kappa shape index (κ3) is 6.97. The molecule has 31 heavy (non-hydrogen) atoms. The first kappa shape index (κ1) is 22.1. The number of hydrogen-bond donors (Lipinski definition) is 2. The van der Waals surface area contributed by atoms with Gasteiger partial charge >= 0.3 is 6.03 Å². The summed E-state index contributed by atoms with van der Waals surface area (Å²) in [5, 5.41) is 5.79. The van der Waals surface area contributed by atoms with E-state index in [-0.39, 0.29) is 11.9 Å². The van der Waals surface area contributed by atoms with E-state index in [0.29, 0.717) is 24.3 Å². The minimum atomic E-state index is -0.194. The van der Waals surface area contributed by atoms with Crippen LogP contribution in [0.4, 0.5) is 16.2 Å². The lowest BCUT2D eigenvalue weighted by Gasteiger charge is -2.25. The van der Waals surface area contributed by atoms with E-state index in [4.69, 9.17) is 0 Å². The van der Waals surface area contributed by atoms with E-state index in [2.05, 4.69) is 10.6 Å². The number of carbonyl (C=O) groups is 2. The van der Waals surface area contributed by atoms with Gasteiger partial charge in [-0.15, -0.1) is 0 Å². The van der Waals surface area contributed by atoms with E-state index in [1.165, 1.54) is 0 Å². The average molecular weight is 417 g/mol. The van der Waals surface area contributed by atoms with E-state index in [0.717, 1.165) is 17.8 Å². The van der Waals surface area contributed by atoms with E-state index in [9.17, 15) is 9.59 Å². The lowest BCUT2D eigenvalue weighted by atomic mass is 10.2. The van der Waals surface area contributed by atoms with E-state index < -0.39 is 0 Å². The number of benzene rings is 3. The van der Waals surface area contributed by atoms with Crippen molar-refractivity contribution in [3.8, 4) is 0 Å². The SMILES string of the molecule is CN(C)CCN(Cc1ccccc1)C(=O)Nc1ccc(C(=O)Nc2ccccc2)cc1. The van der Waals surface area contributed by atoms with Crippen LogP contribution in [0.15, 0.2) is 84.9 Å². The number of nitrogens with one attached hydrogen (secondary N) is 2. The van der Waals surface area contributed by atoms with Crippen molar-refractivity contribution in [2.45, 2.75) is 6.54 Å². The zero-order valence-corrected chi connectivity index (χ0v) is 17.9. The van der Waals surface area contributed by atoms with Crippen molar-refractivity contribution in [3.63, 3.8) is 0 Å². The number of para-hydroxylation sites is 1. The molecule has 0 bridgehead atoms. The number of amides is 3. The van der Waals surface area contributed by atoms with Gasteiger partial charge in [0.25, 0.3) is 5.91 Å². The largest absolute Gasteiger partial charge is 0.322 e. The summed E-state index contributed by atoms with van der Waals surface area (Å²) in [5.41, 5.74) is 2.98. The number of rotatable bonds is 8. The molecule has 0 aliphatic carbocycles. The third-order valence-corrected chi connectivity index (χ3v) is 4.75. The second-order valence-electron chi connectivity index (χ2n) is 7.54. The summed E-state index contributed by atoms with van der Waals surface area (Å²) >= 11 is 0. The normalized spacial score (nSPS) is 10.5. The molecule has 6 heteroatoms. The molecule has 3 aromatic carbocycles. The van der Waals surface area contributed by atoms with Crippen molar-refractivity contribution in [1.82, 2.24) is 9.80 Å². The van der Waals surface area contributed by atoms with Gasteiger partial charge in [0.15, 0.2) is 0 Å². The van der Waals surface area contributed by atoms with Gasteiger partial charge in [0, 0.05) is 36.6 Å². The van der Waals surface area contributed by atoms with Gasteiger partial charge in [0.1, 0.15) is 0 Å². The van der Waals surface area contributed by atoms with Gasteiger partial charge in [0.2, 0.25) is 0 Å². The first-order chi connectivity index (χ1) is 15.0. The summed E-state index contributed by atoms with van der Waals surface area (Å²) in [7, 11) is 3.97. The summed E-state index contributed by atoms with van der Waals surface area (Å²) in [5.74, 6) is -0.194. The number of urea groups is 1. The minimum absolute atomic E-state index is 0.174. The van der Waals surface area contributed by atoms with Crippen LogP contribution >= 0.6 is 0 Å². The number of carbonyl (C=O) groups excluding carboxylic acids is 2. The molecule has 0 heterocycles. The molecule has 0 saturated carbocycles. The maximum absolute atomic E-state index is 12.9. The summed E-state index contributed by atoms with van der Waals surface area (Å²) in [6.45, 7) is 1.89. The Morgan fingerprint density at radius 2 is 1.29 bits per heavy atom. The second-order valence-corrected chi connectivity index (χ2v) is 7.54. The maximum Gasteiger partial charge on any atom is 0.322 e. The molecule has 0 atom stereocenters. The molecule has 0 aliphatic heterocycles. The molecule has 6 nitrogen and oxygen atoms in total.